The Labute approximate surface area is 224 Å². The molecule has 0 radical (unpaired) electrons. The van der Waals surface area contributed by atoms with Crippen LogP contribution >= 0.6 is 23.2 Å². The second-order valence-electron chi connectivity index (χ2n) is 10.4. The van der Waals surface area contributed by atoms with E-state index in [1.54, 1.807) is 17.0 Å². The second kappa shape index (κ2) is 11.9. The highest BCUT2D eigenvalue weighted by molar-refractivity contribution is 6.42. The third kappa shape index (κ3) is 8.11. The Morgan fingerprint density at radius 1 is 0.833 bits per heavy atom. The van der Waals surface area contributed by atoms with Gasteiger partial charge in [0.1, 0.15) is 6.04 Å². The molecule has 0 aliphatic carbocycles. The van der Waals surface area contributed by atoms with Crippen molar-refractivity contribution in [2.24, 2.45) is 0 Å². The molecule has 36 heavy (non-hydrogen) atoms. The van der Waals surface area contributed by atoms with Gasteiger partial charge in [-0.05, 0) is 63.4 Å². The lowest BCUT2D eigenvalue weighted by atomic mass is 9.99. The third-order valence-corrected chi connectivity index (χ3v) is 6.48. The molecule has 0 saturated heterocycles. The van der Waals surface area contributed by atoms with Gasteiger partial charge < -0.3 is 10.2 Å². The van der Waals surface area contributed by atoms with Crippen molar-refractivity contribution in [2.75, 3.05) is 0 Å². The van der Waals surface area contributed by atoms with Crippen LogP contribution in [-0.4, -0.2) is 28.3 Å². The quantitative estimate of drug-likeness (QED) is 0.356. The van der Waals surface area contributed by atoms with E-state index in [9.17, 15) is 9.59 Å². The molecule has 0 spiro atoms. The summed E-state index contributed by atoms with van der Waals surface area (Å²) in [6.45, 7) is 10.1. The molecule has 0 aliphatic rings. The number of nitrogens with one attached hydrogen (secondary N) is 1. The summed E-state index contributed by atoms with van der Waals surface area (Å²) >= 11 is 12.4. The molecular weight excluding hydrogens is 491 g/mol. The van der Waals surface area contributed by atoms with Gasteiger partial charge in [-0.2, -0.15) is 0 Å². The Kier molecular flexibility index (Phi) is 9.21. The minimum Gasteiger partial charge on any atom is -0.350 e. The number of carbonyl (C=O) groups is 2. The highest BCUT2D eigenvalue weighted by Crippen LogP contribution is 2.25. The van der Waals surface area contributed by atoms with Crippen molar-refractivity contribution in [3.05, 3.63) is 105 Å². The van der Waals surface area contributed by atoms with Gasteiger partial charge in [0.15, 0.2) is 0 Å². The largest absolute Gasteiger partial charge is 0.350 e. The minimum absolute atomic E-state index is 0.129. The summed E-state index contributed by atoms with van der Waals surface area (Å²) in [7, 11) is 0. The molecule has 0 saturated carbocycles. The summed E-state index contributed by atoms with van der Waals surface area (Å²) in [6, 6.07) is 20.5. The van der Waals surface area contributed by atoms with E-state index < -0.39 is 11.6 Å². The Hall–Kier alpha value is -2.82. The van der Waals surface area contributed by atoms with Crippen molar-refractivity contribution in [1.82, 2.24) is 10.2 Å². The highest BCUT2D eigenvalue weighted by atomic mass is 35.5. The SMILES string of the molecule is Cc1cc(C)cc(CC(=O)N(Cc2ccc(Cl)c(Cl)c2)[C@H](Cc2ccccc2)C(=O)NC(C)(C)C)c1. The van der Waals surface area contributed by atoms with Crippen LogP contribution in [0.4, 0.5) is 0 Å². The fourth-order valence-electron chi connectivity index (χ4n) is 4.29. The molecule has 3 rings (SSSR count). The first kappa shape index (κ1) is 27.8. The lowest BCUT2D eigenvalue weighted by molar-refractivity contribution is -0.141. The number of aryl methyl sites for hydroxylation is 2. The van der Waals surface area contributed by atoms with E-state index in [-0.39, 0.29) is 24.8 Å². The molecule has 3 aromatic rings. The van der Waals surface area contributed by atoms with Gasteiger partial charge in [0.2, 0.25) is 11.8 Å². The molecule has 0 bridgehead atoms. The number of amides is 2. The van der Waals surface area contributed by atoms with E-state index in [0.717, 1.165) is 27.8 Å². The van der Waals surface area contributed by atoms with Crippen LogP contribution in [0.1, 0.15) is 48.6 Å². The van der Waals surface area contributed by atoms with E-state index in [1.807, 2.05) is 83.1 Å². The molecule has 1 N–H and O–H groups in total. The maximum Gasteiger partial charge on any atom is 0.243 e. The molecule has 0 fully saturated rings. The van der Waals surface area contributed by atoms with E-state index >= 15 is 0 Å². The average molecular weight is 526 g/mol. The number of halogens is 2. The first-order valence-electron chi connectivity index (χ1n) is 12.1. The lowest BCUT2D eigenvalue weighted by Crippen LogP contribution is -2.54. The smallest absolute Gasteiger partial charge is 0.243 e. The summed E-state index contributed by atoms with van der Waals surface area (Å²) in [5.74, 6) is -0.323. The van der Waals surface area contributed by atoms with Gasteiger partial charge in [0, 0.05) is 18.5 Å². The van der Waals surface area contributed by atoms with Gasteiger partial charge in [-0.1, -0.05) is 88.9 Å². The number of hydrogen-bond acceptors (Lipinski definition) is 2. The van der Waals surface area contributed by atoms with Crippen molar-refractivity contribution in [3.63, 3.8) is 0 Å². The first-order valence-corrected chi connectivity index (χ1v) is 12.8. The van der Waals surface area contributed by atoms with Crippen LogP contribution in [0.25, 0.3) is 0 Å². The van der Waals surface area contributed by atoms with Gasteiger partial charge in [0.25, 0.3) is 0 Å². The maximum absolute atomic E-state index is 13.9. The van der Waals surface area contributed by atoms with E-state index in [0.29, 0.717) is 16.5 Å². The van der Waals surface area contributed by atoms with Crippen LogP contribution in [0.5, 0.6) is 0 Å². The normalized spacial score (nSPS) is 12.2. The Balaban J connectivity index is 2.03. The van der Waals surface area contributed by atoms with Crippen molar-refractivity contribution in [3.8, 4) is 0 Å². The fourth-order valence-corrected chi connectivity index (χ4v) is 4.61. The predicted octanol–water partition coefficient (Wildman–Crippen LogP) is 6.71. The maximum atomic E-state index is 13.9. The molecule has 3 aromatic carbocycles. The van der Waals surface area contributed by atoms with Crippen LogP contribution in [0.15, 0.2) is 66.7 Å². The molecule has 0 heterocycles. The summed E-state index contributed by atoms with van der Waals surface area (Å²) < 4.78 is 0. The Bertz CT molecular complexity index is 1200. The number of benzene rings is 3. The molecule has 2 amide bonds. The Morgan fingerprint density at radius 2 is 1.47 bits per heavy atom. The standard InChI is InChI=1S/C30H34Cl2N2O2/c1-20-13-21(2)15-24(14-20)18-28(35)34(19-23-11-12-25(31)26(32)16-23)27(29(36)33-30(3,4)5)17-22-9-7-6-8-10-22/h6-16,27H,17-19H2,1-5H3,(H,33,36)/t27-/m1/s1. The first-order chi connectivity index (χ1) is 16.9. The van der Waals surface area contributed by atoms with Crippen LogP contribution in [-0.2, 0) is 29.0 Å². The third-order valence-electron chi connectivity index (χ3n) is 5.74. The van der Waals surface area contributed by atoms with Gasteiger partial charge >= 0.3 is 0 Å². The van der Waals surface area contributed by atoms with E-state index in [1.165, 1.54) is 0 Å². The summed E-state index contributed by atoms with van der Waals surface area (Å²) in [4.78, 5) is 29.2. The molecule has 190 valence electrons. The summed E-state index contributed by atoms with van der Waals surface area (Å²) in [6.07, 6.45) is 0.584. The number of hydrogen-bond donors (Lipinski definition) is 1. The average Bonchev–Trinajstić information content (AvgIpc) is 2.77. The summed E-state index contributed by atoms with van der Waals surface area (Å²) in [5.41, 5.74) is 4.45. The second-order valence-corrected chi connectivity index (χ2v) is 11.2. The molecule has 0 unspecified atom stereocenters. The van der Waals surface area contributed by atoms with Crippen LogP contribution in [0, 0.1) is 13.8 Å². The monoisotopic (exact) mass is 524 g/mol. The van der Waals surface area contributed by atoms with Crippen molar-refractivity contribution < 1.29 is 9.59 Å². The topological polar surface area (TPSA) is 49.4 Å². The van der Waals surface area contributed by atoms with Crippen LogP contribution in [0.3, 0.4) is 0 Å². The molecular formula is C30H34Cl2N2O2. The zero-order valence-electron chi connectivity index (χ0n) is 21.6. The highest BCUT2D eigenvalue weighted by Gasteiger charge is 2.32. The number of carbonyl (C=O) groups excluding carboxylic acids is 2. The van der Waals surface area contributed by atoms with Gasteiger partial charge in [-0.15, -0.1) is 0 Å². The molecule has 6 heteroatoms. The van der Waals surface area contributed by atoms with Crippen LogP contribution in [0.2, 0.25) is 10.0 Å². The van der Waals surface area contributed by atoms with Crippen molar-refractivity contribution >= 4 is 35.0 Å². The lowest BCUT2D eigenvalue weighted by Gasteiger charge is -2.34. The number of rotatable bonds is 8. The summed E-state index contributed by atoms with van der Waals surface area (Å²) in [5, 5.41) is 3.94. The molecule has 4 nitrogen and oxygen atoms in total. The van der Waals surface area contributed by atoms with Gasteiger partial charge in [0.05, 0.1) is 16.5 Å². The van der Waals surface area contributed by atoms with Gasteiger partial charge in [-0.25, -0.2) is 0 Å². The minimum atomic E-state index is -0.709. The van der Waals surface area contributed by atoms with Crippen LogP contribution < -0.4 is 5.32 Å². The molecule has 1 atom stereocenters. The van der Waals surface area contributed by atoms with E-state index in [4.69, 9.17) is 23.2 Å². The number of nitrogens with zero attached hydrogens (tertiary/aromatic N) is 1. The predicted molar refractivity (Wildman–Crippen MR) is 148 cm³/mol. The Morgan fingerprint density at radius 3 is 2.06 bits per heavy atom. The zero-order valence-corrected chi connectivity index (χ0v) is 23.1. The molecule has 0 aliphatic heterocycles. The van der Waals surface area contributed by atoms with Gasteiger partial charge in [-0.3, -0.25) is 9.59 Å². The fraction of sp³-hybridized carbons (Fsp3) is 0.333. The van der Waals surface area contributed by atoms with Crippen molar-refractivity contribution in [2.45, 2.75) is 65.6 Å². The molecule has 0 aromatic heterocycles. The van der Waals surface area contributed by atoms with E-state index in [2.05, 4.69) is 11.4 Å². The zero-order chi connectivity index (χ0) is 26.5. The van der Waals surface area contributed by atoms with Crippen molar-refractivity contribution in [1.29, 1.82) is 0 Å².